The third-order valence-electron chi connectivity index (χ3n) is 5.56. The monoisotopic (exact) mass is 464 g/mol. The zero-order chi connectivity index (χ0) is 23.2. The summed E-state index contributed by atoms with van der Waals surface area (Å²) in [4.78, 5) is 10.9. The Labute approximate surface area is 190 Å². The molecule has 9 nitrogen and oxygen atoms in total. The first-order valence-electron chi connectivity index (χ1n) is 10.2. The van der Waals surface area contributed by atoms with E-state index in [4.69, 9.17) is 9.84 Å². The van der Waals surface area contributed by atoms with E-state index in [1.165, 1.54) is 12.1 Å². The number of non-ortho nitro benzene ring substituents is 1. The molecular weight excluding hydrogens is 444 g/mol. The first kappa shape index (κ1) is 21.0. The zero-order valence-corrected chi connectivity index (χ0v) is 18.4. The van der Waals surface area contributed by atoms with Gasteiger partial charge < -0.3 is 4.74 Å². The summed E-state index contributed by atoms with van der Waals surface area (Å²) >= 11 is 0. The molecule has 2 aliphatic heterocycles. The number of benzene rings is 3. The standard InChI is InChI=1S/C23H20N4O5S/c1-33(30,31)25-17-8-4-6-15(12-17)20-14-21-19-10-2-3-11-22(19)32-23(26(21)24-20)16-7-5-9-18(13-16)27(28)29/h2-13,21,23,25H,14H2,1H3/t21-,23-/m1/s1. The van der Waals surface area contributed by atoms with Crippen LogP contribution in [0.25, 0.3) is 0 Å². The van der Waals surface area contributed by atoms with Gasteiger partial charge in [0.1, 0.15) is 5.75 Å². The lowest BCUT2D eigenvalue weighted by Crippen LogP contribution is -2.33. The number of hydrazone groups is 1. The minimum absolute atomic E-state index is 0.0190. The predicted octanol–water partition coefficient (Wildman–Crippen LogP) is 4.21. The number of nitrogens with zero attached hydrogens (tertiary/aromatic N) is 3. The molecule has 2 atom stereocenters. The van der Waals surface area contributed by atoms with Gasteiger partial charge in [0.2, 0.25) is 16.3 Å². The van der Waals surface area contributed by atoms with Gasteiger partial charge in [-0.05, 0) is 23.8 Å². The Hall–Kier alpha value is -3.92. The highest BCUT2D eigenvalue weighted by molar-refractivity contribution is 7.92. The average molecular weight is 465 g/mol. The van der Waals surface area contributed by atoms with Gasteiger partial charge in [0, 0.05) is 35.4 Å². The fraction of sp³-hybridized carbons (Fsp3) is 0.174. The van der Waals surface area contributed by atoms with Crippen molar-refractivity contribution in [1.29, 1.82) is 0 Å². The van der Waals surface area contributed by atoms with Gasteiger partial charge in [0.25, 0.3) is 5.69 Å². The van der Waals surface area contributed by atoms with Crippen LogP contribution in [0.15, 0.2) is 77.9 Å². The molecule has 168 valence electrons. The molecule has 5 rings (SSSR count). The van der Waals surface area contributed by atoms with E-state index >= 15 is 0 Å². The maximum atomic E-state index is 11.6. The van der Waals surface area contributed by atoms with Gasteiger partial charge in [-0.1, -0.05) is 42.5 Å². The summed E-state index contributed by atoms with van der Waals surface area (Å²) in [6.07, 6.45) is 1.04. The lowest BCUT2D eigenvalue weighted by Gasteiger charge is -2.38. The number of nitrogens with one attached hydrogen (secondary N) is 1. The molecule has 10 heteroatoms. The highest BCUT2D eigenvalue weighted by atomic mass is 32.2. The molecule has 1 N–H and O–H groups in total. The number of rotatable bonds is 5. The van der Waals surface area contributed by atoms with Gasteiger partial charge in [0.05, 0.1) is 22.9 Å². The molecule has 33 heavy (non-hydrogen) atoms. The minimum Gasteiger partial charge on any atom is -0.464 e. The summed E-state index contributed by atoms with van der Waals surface area (Å²) in [6, 6.07) is 21.0. The van der Waals surface area contributed by atoms with Crippen molar-refractivity contribution in [3.05, 3.63) is 99.6 Å². The number of anilines is 1. The summed E-state index contributed by atoms with van der Waals surface area (Å²) < 4.78 is 32.0. The number of hydrogen-bond donors (Lipinski definition) is 1. The second kappa shape index (κ2) is 7.89. The largest absolute Gasteiger partial charge is 0.464 e. The fourth-order valence-corrected chi connectivity index (χ4v) is 4.75. The van der Waals surface area contributed by atoms with Crippen LogP contribution >= 0.6 is 0 Å². The second-order valence-corrected chi connectivity index (χ2v) is 9.71. The van der Waals surface area contributed by atoms with Crippen LogP contribution in [0.1, 0.15) is 35.4 Å². The summed E-state index contributed by atoms with van der Waals surface area (Å²) in [6.45, 7) is 0. The molecule has 2 heterocycles. The van der Waals surface area contributed by atoms with Crippen LogP contribution < -0.4 is 9.46 Å². The van der Waals surface area contributed by atoms with Crippen molar-refractivity contribution in [1.82, 2.24) is 5.01 Å². The van der Waals surface area contributed by atoms with Crippen molar-refractivity contribution >= 4 is 27.1 Å². The Morgan fingerprint density at radius 1 is 1.09 bits per heavy atom. The highest BCUT2D eigenvalue weighted by Gasteiger charge is 2.41. The van der Waals surface area contributed by atoms with E-state index in [1.807, 2.05) is 35.3 Å². The van der Waals surface area contributed by atoms with E-state index in [1.54, 1.807) is 30.3 Å². The molecule has 2 aliphatic rings. The van der Waals surface area contributed by atoms with E-state index in [0.29, 0.717) is 23.4 Å². The third kappa shape index (κ3) is 4.12. The van der Waals surface area contributed by atoms with Crippen LogP contribution in [0.5, 0.6) is 5.75 Å². The molecule has 0 unspecified atom stereocenters. The number of ether oxygens (including phenoxy) is 1. The van der Waals surface area contributed by atoms with Crippen LogP contribution in [0.4, 0.5) is 11.4 Å². The summed E-state index contributed by atoms with van der Waals surface area (Å²) in [7, 11) is -3.41. The fourth-order valence-electron chi connectivity index (χ4n) is 4.20. The van der Waals surface area contributed by atoms with E-state index in [-0.39, 0.29) is 11.7 Å². The quantitative estimate of drug-likeness (QED) is 0.447. The van der Waals surface area contributed by atoms with Crippen molar-refractivity contribution in [3.8, 4) is 5.75 Å². The van der Waals surface area contributed by atoms with Crippen molar-refractivity contribution in [2.45, 2.75) is 18.7 Å². The van der Waals surface area contributed by atoms with Gasteiger partial charge in [-0.15, -0.1) is 0 Å². The molecule has 3 aromatic rings. The Morgan fingerprint density at radius 2 is 1.88 bits per heavy atom. The maximum Gasteiger partial charge on any atom is 0.269 e. The number of fused-ring (bicyclic) bond motifs is 3. The number of nitro benzene ring substituents is 1. The first-order valence-corrected chi connectivity index (χ1v) is 12.1. The van der Waals surface area contributed by atoms with Crippen molar-refractivity contribution < 1.29 is 18.1 Å². The Kier molecular flexibility index (Phi) is 5.01. The van der Waals surface area contributed by atoms with Gasteiger partial charge in [-0.2, -0.15) is 5.10 Å². The number of para-hydroxylation sites is 1. The predicted molar refractivity (Wildman–Crippen MR) is 124 cm³/mol. The number of hydrogen-bond acceptors (Lipinski definition) is 7. The topological polar surface area (TPSA) is 114 Å². The van der Waals surface area contributed by atoms with E-state index < -0.39 is 21.2 Å². The second-order valence-electron chi connectivity index (χ2n) is 7.96. The Bertz CT molecular complexity index is 1390. The van der Waals surface area contributed by atoms with Crippen molar-refractivity contribution in [3.63, 3.8) is 0 Å². The van der Waals surface area contributed by atoms with Crippen LogP contribution in [0.2, 0.25) is 0 Å². The Balaban J connectivity index is 1.56. The van der Waals surface area contributed by atoms with Crippen molar-refractivity contribution in [2.75, 3.05) is 11.0 Å². The molecule has 0 aromatic heterocycles. The molecule has 0 fully saturated rings. The highest BCUT2D eigenvalue weighted by Crippen LogP contribution is 2.47. The third-order valence-corrected chi connectivity index (χ3v) is 6.17. The van der Waals surface area contributed by atoms with Gasteiger partial charge in [-0.25, -0.2) is 13.4 Å². The number of nitro groups is 1. The van der Waals surface area contributed by atoms with E-state index in [9.17, 15) is 18.5 Å². The molecule has 0 bridgehead atoms. The first-order chi connectivity index (χ1) is 15.8. The van der Waals surface area contributed by atoms with Crippen molar-refractivity contribution in [2.24, 2.45) is 5.10 Å². The lowest BCUT2D eigenvalue weighted by molar-refractivity contribution is -0.385. The van der Waals surface area contributed by atoms with Crippen LogP contribution in [-0.4, -0.2) is 30.3 Å². The van der Waals surface area contributed by atoms with Crippen LogP contribution in [-0.2, 0) is 10.0 Å². The lowest BCUT2D eigenvalue weighted by atomic mass is 9.96. The molecule has 0 saturated heterocycles. The van der Waals surface area contributed by atoms with E-state index in [2.05, 4.69) is 4.72 Å². The summed E-state index contributed by atoms with van der Waals surface area (Å²) in [5.41, 5.74) is 3.59. The molecule has 0 amide bonds. The molecule has 0 aliphatic carbocycles. The average Bonchev–Trinajstić information content (AvgIpc) is 3.23. The molecule has 0 saturated carbocycles. The van der Waals surface area contributed by atoms with Gasteiger partial charge in [0.15, 0.2) is 0 Å². The normalized spacial score (nSPS) is 19.2. The molecular formula is C23H20N4O5S. The summed E-state index contributed by atoms with van der Waals surface area (Å²) in [5.74, 6) is 0.708. The molecule has 0 radical (unpaired) electrons. The minimum atomic E-state index is -3.41. The van der Waals surface area contributed by atoms with Crippen LogP contribution in [0, 0.1) is 10.1 Å². The zero-order valence-electron chi connectivity index (χ0n) is 17.6. The smallest absolute Gasteiger partial charge is 0.269 e. The number of sulfonamides is 1. The van der Waals surface area contributed by atoms with Gasteiger partial charge >= 0.3 is 0 Å². The SMILES string of the molecule is CS(=O)(=O)Nc1cccc(C2=NN3[C@H](C2)c2ccccc2O[C@@H]3c2cccc([N+](=O)[O-])c2)c1. The molecule has 3 aromatic carbocycles. The maximum absolute atomic E-state index is 11.6. The van der Waals surface area contributed by atoms with Gasteiger partial charge in [-0.3, -0.25) is 14.8 Å². The summed E-state index contributed by atoms with van der Waals surface area (Å²) in [5, 5.41) is 18.0. The Morgan fingerprint density at radius 3 is 2.67 bits per heavy atom. The van der Waals surface area contributed by atoms with Crippen LogP contribution in [0.3, 0.4) is 0 Å². The van der Waals surface area contributed by atoms with E-state index in [0.717, 1.165) is 23.1 Å². The molecule has 0 spiro atoms.